The van der Waals surface area contributed by atoms with Gasteiger partial charge < -0.3 is 10.2 Å². The van der Waals surface area contributed by atoms with Crippen molar-refractivity contribution in [3.63, 3.8) is 0 Å². The molecular weight excluding hydrogens is 354 g/mol. The van der Waals surface area contributed by atoms with Gasteiger partial charge in [-0.15, -0.1) is 0 Å². The summed E-state index contributed by atoms with van der Waals surface area (Å²) in [6, 6.07) is 7.47. The summed E-state index contributed by atoms with van der Waals surface area (Å²) in [5, 5.41) is 9.89. The van der Waals surface area contributed by atoms with Gasteiger partial charge in [0, 0.05) is 31.1 Å². The zero-order chi connectivity index (χ0) is 18.4. The van der Waals surface area contributed by atoms with E-state index in [2.05, 4.69) is 20.5 Å². The van der Waals surface area contributed by atoms with E-state index in [0.29, 0.717) is 30.5 Å². The number of carbonyl (C=O) groups is 2. The summed E-state index contributed by atoms with van der Waals surface area (Å²) < 4.78 is 0. The van der Waals surface area contributed by atoms with Crippen LogP contribution in [0, 0.1) is 5.92 Å². The summed E-state index contributed by atoms with van der Waals surface area (Å²) in [7, 11) is 0. The van der Waals surface area contributed by atoms with Crippen LogP contribution >= 0.6 is 11.6 Å². The molecule has 0 radical (unpaired) electrons. The van der Waals surface area contributed by atoms with Gasteiger partial charge in [-0.1, -0.05) is 29.8 Å². The Labute approximate surface area is 157 Å². The van der Waals surface area contributed by atoms with Gasteiger partial charge in [-0.25, -0.2) is 4.98 Å². The lowest BCUT2D eigenvalue weighted by molar-refractivity contribution is -0.121. The molecule has 1 atom stereocenters. The maximum atomic E-state index is 12.3. The SMILES string of the molecule is O=C(CCC1CCCN(C(=O)c2ncn[nH]2)C1)NCc1ccccc1Cl. The summed E-state index contributed by atoms with van der Waals surface area (Å²) in [4.78, 5) is 30.2. The van der Waals surface area contributed by atoms with Gasteiger partial charge in [0.2, 0.25) is 11.7 Å². The van der Waals surface area contributed by atoms with Gasteiger partial charge in [-0.05, 0) is 36.8 Å². The van der Waals surface area contributed by atoms with E-state index in [-0.39, 0.29) is 17.6 Å². The number of carbonyl (C=O) groups excluding carboxylic acids is 2. The Morgan fingerprint density at radius 3 is 2.96 bits per heavy atom. The molecule has 138 valence electrons. The fourth-order valence-corrected chi connectivity index (χ4v) is 3.41. The predicted molar refractivity (Wildman–Crippen MR) is 97.5 cm³/mol. The molecule has 0 aliphatic carbocycles. The number of likely N-dealkylation sites (tertiary alicyclic amines) is 1. The van der Waals surface area contributed by atoms with Gasteiger partial charge in [-0.2, -0.15) is 5.10 Å². The average Bonchev–Trinajstić information content (AvgIpc) is 3.20. The Morgan fingerprint density at radius 1 is 1.35 bits per heavy atom. The molecular formula is C18H22ClN5O2. The van der Waals surface area contributed by atoms with Crippen molar-refractivity contribution in [1.29, 1.82) is 0 Å². The van der Waals surface area contributed by atoms with Crippen molar-refractivity contribution < 1.29 is 9.59 Å². The van der Waals surface area contributed by atoms with Gasteiger partial charge in [-0.3, -0.25) is 14.7 Å². The number of halogens is 1. The van der Waals surface area contributed by atoms with Crippen LogP contribution in [0.4, 0.5) is 0 Å². The third-order valence-electron chi connectivity index (χ3n) is 4.64. The Bertz CT molecular complexity index is 750. The average molecular weight is 376 g/mol. The number of H-pyrrole nitrogens is 1. The highest BCUT2D eigenvalue weighted by molar-refractivity contribution is 6.31. The Balaban J connectivity index is 1.43. The molecule has 3 rings (SSSR count). The van der Waals surface area contributed by atoms with Gasteiger partial charge in [0.25, 0.3) is 5.91 Å². The van der Waals surface area contributed by atoms with Crippen LogP contribution in [0.2, 0.25) is 5.02 Å². The summed E-state index contributed by atoms with van der Waals surface area (Å²) in [6.45, 7) is 1.80. The molecule has 1 aromatic heterocycles. The fraction of sp³-hybridized carbons (Fsp3) is 0.444. The van der Waals surface area contributed by atoms with Crippen molar-refractivity contribution in [2.45, 2.75) is 32.2 Å². The Hall–Kier alpha value is -2.41. The maximum Gasteiger partial charge on any atom is 0.291 e. The van der Waals surface area contributed by atoms with E-state index in [1.807, 2.05) is 24.3 Å². The highest BCUT2D eigenvalue weighted by Crippen LogP contribution is 2.22. The van der Waals surface area contributed by atoms with Crippen molar-refractivity contribution in [3.8, 4) is 0 Å². The molecule has 2 aromatic rings. The van der Waals surface area contributed by atoms with Crippen LogP contribution < -0.4 is 5.32 Å². The minimum absolute atomic E-state index is 0.00334. The third-order valence-corrected chi connectivity index (χ3v) is 5.01. The second-order valence-corrected chi connectivity index (χ2v) is 6.91. The van der Waals surface area contributed by atoms with Crippen molar-refractivity contribution in [3.05, 3.63) is 47.0 Å². The van der Waals surface area contributed by atoms with Crippen LogP contribution in [0.3, 0.4) is 0 Å². The standard InChI is InChI=1S/C18H22ClN5O2/c19-15-6-2-1-5-14(15)10-20-16(25)8-7-13-4-3-9-24(11-13)18(26)17-21-12-22-23-17/h1-2,5-6,12-13H,3-4,7-11H2,(H,20,25)(H,21,22,23). The number of nitrogens with zero attached hydrogens (tertiary/aromatic N) is 3. The van der Waals surface area contributed by atoms with Crippen LogP contribution in [-0.2, 0) is 11.3 Å². The van der Waals surface area contributed by atoms with Crippen molar-refractivity contribution in [2.75, 3.05) is 13.1 Å². The van der Waals surface area contributed by atoms with E-state index in [0.717, 1.165) is 31.4 Å². The van der Waals surface area contributed by atoms with E-state index in [1.165, 1.54) is 6.33 Å². The number of nitrogens with one attached hydrogen (secondary N) is 2. The van der Waals surface area contributed by atoms with Gasteiger partial charge in [0.1, 0.15) is 6.33 Å². The summed E-state index contributed by atoms with van der Waals surface area (Å²) in [6.07, 6.45) is 4.50. The number of aromatic nitrogens is 3. The number of rotatable bonds is 6. The number of piperidine rings is 1. The van der Waals surface area contributed by atoms with E-state index in [9.17, 15) is 9.59 Å². The lowest BCUT2D eigenvalue weighted by atomic mass is 9.93. The topological polar surface area (TPSA) is 91.0 Å². The van der Waals surface area contributed by atoms with E-state index >= 15 is 0 Å². The van der Waals surface area contributed by atoms with Gasteiger partial charge >= 0.3 is 0 Å². The minimum Gasteiger partial charge on any atom is -0.352 e. The Morgan fingerprint density at radius 2 is 2.19 bits per heavy atom. The maximum absolute atomic E-state index is 12.3. The second kappa shape index (κ2) is 8.80. The first kappa shape index (κ1) is 18.4. The molecule has 8 heteroatoms. The smallest absolute Gasteiger partial charge is 0.291 e. The second-order valence-electron chi connectivity index (χ2n) is 6.50. The first-order chi connectivity index (χ1) is 12.6. The first-order valence-electron chi connectivity index (χ1n) is 8.78. The molecule has 1 aromatic carbocycles. The van der Waals surface area contributed by atoms with Gasteiger partial charge in [0.05, 0.1) is 0 Å². The third kappa shape index (κ3) is 4.82. The van der Waals surface area contributed by atoms with E-state index in [1.54, 1.807) is 4.90 Å². The molecule has 0 bridgehead atoms. The van der Waals surface area contributed by atoms with E-state index in [4.69, 9.17) is 11.6 Å². The van der Waals surface area contributed by atoms with Crippen molar-refractivity contribution >= 4 is 23.4 Å². The van der Waals surface area contributed by atoms with Crippen molar-refractivity contribution in [2.24, 2.45) is 5.92 Å². The largest absolute Gasteiger partial charge is 0.352 e. The zero-order valence-corrected chi connectivity index (χ0v) is 15.2. The molecule has 2 amide bonds. The molecule has 7 nitrogen and oxygen atoms in total. The molecule has 2 heterocycles. The zero-order valence-electron chi connectivity index (χ0n) is 14.4. The van der Waals surface area contributed by atoms with Crippen LogP contribution in [0.25, 0.3) is 0 Å². The minimum atomic E-state index is -0.129. The van der Waals surface area contributed by atoms with Gasteiger partial charge in [0.15, 0.2) is 0 Å². The lowest BCUT2D eigenvalue weighted by Gasteiger charge is -2.32. The number of aromatic amines is 1. The quantitative estimate of drug-likeness (QED) is 0.811. The first-order valence-corrected chi connectivity index (χ1v) is 9.16. The highest BCUT2D eigenvalue weighted by atomic mass is 35.5. The fourth-order valence-electron chi connectivity index (χ4n) is 3.20. The lowest BCUT2D eigenvalue weighted by Crippen LogP contribution is -2.40. The molecule has 0 spiro atoms. The van der Waals surface area contributed by atoms with Crippen molar-refractivity contribution in [1.82, 2.24) is 25.4 Å². The molecule has 2 N–H and O–H groups in total. The molecule has 0 saturated carbocycles. The molecule has 26 heavy (non-hydrogen) atoms. The number of amides is 2. The number of hydrogen-bond acceptors (Lipinski definition) is 4. The molecule has 1 saturated heterocycles. The monoisotopic (exact) mass is 375 g/mol. The molecule has 1 aliphatic rings. The molecule has 1 fully saturated rings. The summed E-state index contributed by atoms with van der Waals surface area (Å²) >= 11 is 6.09. The molecule has 1 aliphatic heterocycles. The van der Waals surface area contributed by atoms with E-state index < -0.39 is 0 Å². The van der Waals surface area contributed by atoms with Crippen LogP contribution in [0.1, 0.15) is 41.9 Å². The number of hydrogen-bond donors (Lipinski definition) is 2. The van der Waals surface area contributed by atoms with Crippen LogP contribution in [0.5, 0.6) is 0 Å². The molecule has 1 unspecified atom stereocenters. The normalized spacial score (nSPS) is 17.1. The van der Waals surface area contributed by atoms with Crippen LogP contribution in [-0.4, -0.2) is 45.0 Å². The highest BCUT2D eigenvalue weighted by Gasteiger charge is 2.26. The Kier molecular flexibility index (Phi) is 6.22. The predicted octanol–water partition coefficient (Wildman–Crippen LogP) is 2.41. The summed E-state index contributed by atoms with van der Waals surface area (Å²) in [5.74, 6) is 0.462. The van der Waals surface area contributed by atoms with Crippen LogP contribution in [0.15, 0.2) is 30.6 Å². The summed E-state index contributed by atoms with van der Waals surface area (Å²) in [5.41, 5.74) is 0.906. The number of benzene rings is 1.